The van der Waals surface area contributed by atoms with Crippen molar-refractivity contribution in [3.63, 3.8) is 0 Å². The van der Waals surface area contributed by atoms with E-state index in [1.165, 1.54) is 14.2 Å². The molecule has 24 heavy (non-hydrogen) atoms. The first kappa shape index (κ1) is 17.2. The third-order valence-electron chi connectivity index (χ3n) is 6.44. The van der Waals surface area contributed by atoms with E-state index in [-0.39, 0.29) is 34.9 Å². The van der Waals surface area contributed by atoms with E-state index in [4.69, 9.17) is 9.47 Å². The fourth-order valence-electron chi connectivity index (χ4n) is 5.55. The van der Waals surface area contributed by atoms with E-state index in [2.05, 4.69) is 6.08 Å². The normalized spacial score (nSPS) is 40.3. The number of ether oxygens (including phenoxy) is 2. The summed E-state index contributed by atoms with van der Waals surface area (Å²) >= 11 is 0. The van der Waals surface area contributed by atoms with Crippen molar-refractivity contribution in [3.8, 4) is 0 Å². The van der Waals surface area contributed by atoms with Crippen LogP contribution in [0.1, 0.15) is 34.1 Å². The zero-order chi connectivity index (χ0) is 18.0. The number of carbonyl (C=O) groups is 3. The molecule has 0 unspecified atom stereocenters. The number of carbonyl (C=O) groups excluding carboxylic acids is 3. The molecule has 0 heterocycles. The smallest absolute Gasteiger partial charge is 0.310 e. The van der Waals surface area contributed by atoms with Crippen LogP contribution in [0.15, 0.2) is 11.6 Å². The van der Waals surface area contributed by atoms with Crippen molar-refractivity contribution in [1.82, 2.24) is 0 Å². The second-order valence-corrected chi connectivity index (χ2v) is 8.67. The molecule has 5 heteroatoms. The molecule has 0 amide bonds. The molecule has 3 aliphatic carbocycles. The number of Topliss-reactive ketones (excluding diaryl/α,β-unsaturated/α-hetero) is 1. The summed E-state index contributed by atoms with van der Waals surface area (Å²) in [7, 11) is 2.68. The Kier molecular flexibility index (Phi) is 3.70. The first-order valence-corrected chi connectivity index (χ1v) is 8.50. The summed E-state index contributed by atoms with van der Waals surface area (Å²) in [5.41, 5.74) is 0.0308. The van der Waals surface area contributed by atoms with Gasteiger partial charge in [-0.15, -0.1) is 0 Å². The van der Waals surface area contributed by atoms with Crippen LogP contribution in [-0.2, 0) is 23.9 Å². The van der Waals surface area contributed by atoms with Gasteiger partial charge in [0.2, 0.25) is 0 Å². The van der Waals surface area contributed by atoms with Crippen LogP contribution in [0.25, 0.3) is 0 Å². The van der Waals surface area contributed by atoms with Crippen molar-refractivity contribution in [2.24, 2.45) is 40.4 Å². The molecule has 3 rings (SSSR count). The molecule has 2 bridgehead atoms. The van der Waals surface area contributed by atoms with Crippen molar-refractivity contribution in [1.29, 1.82) is 0 Å². The van der Waals surface area contributed by atoms with E-state index in [1.807, 2.05) is 27.7 Å². The molecule has 132 valence electrons. The van der Waals surface area contributed by atoms with Crippen LogP contribution in [0.2, 0.25) is 0 Å². The Morgan fingerprint density at radius 1 is 1.17 bits per heavy atom. The number of allylic oxidation sites excluding steroid dienone is 2. The molecule has 0 saturated heterocycles. The molecule has 5 nitrogen and oxygen atoms in total. The van der Waals surface area contributed by atoms with E-state index in [1.54, 1.807) is 0 Å². The van der Waals surface area contributed by atoms with Gasteiger partial charge in [0, 0.05) is 5.92 Å². The number of ketones is 1. The topological polar surface area (TPSA) is 69.7 Å². The summed E-state index contributed by atoms with van der Waals surface area (Å²) in [4.78, 5) is 37.9. The molecule has 2 fully saturated rings. The number of methoxy groups -OCH3 is 2. The van der Waals surface area contributed by atoms with Crippen molar-refractivity contribution >= 4 is 17.7 Å². The minimum absolute atomic E-state index is 0.0155. The minimum Gasteiger partial charge on any atom is -0.469 e. The third-order valence-corrected chi connectivity index (χ3v) is 6.44. The highest BCUT2D eigenvalue weighted by Gasteiger charge is 2.72. The van der Waals surface area contributed by atoms with Gasteiger partial charge in [-0.1, -0.05) is 33.8 Å². The van der Waals surface area contributed by atoms with Crippen LogP contribution < -0.4 is 0 Å². The standard InChI is InChI=1S/C19H26O5/c1-18(2,3)11-7-9-10-8-19(4,13(9)15(11)20)14(17(22)24-6)12(10)16(21)23-5/h7,9-10,12-14H,8H2,1-6H3/t9-,10+,12-,13+,14+,19-/m1/s1. The lowest BCUT2D eigenvalue weighted by Crippen LogP contribution is -2.48. The SMILES string of the molecule is COC(=O)[C@@H]1[C@H]2C[C@](C)([C@@H]3C(=O)C(C(C)(C)C)=C[C@H]23)[C@@H]1C(=O)OC. The van der Waals surface area contributed by atoms with Gasteiger partial charge in [-0.2, -0.15) is 0 Å². The van der Waals surface area contributed by atoms with Gasteiger partial charge in [0.05, 0.1) is 26.1 Å². The van der Waals surface area contributed by atoms with Crippen LogP contribution in [0, 0.1) is 40.4 Å². The predicted molar refractivity (Wildman–Crippen MR) is 86.8 cm³/mol. The van der Waals surface area contributed by atoms with Gasteiger partial charge in [0.25, 0.3) is 0 Å². The summed E-state index contributed by atoms with van der Waals surface area (Å²) < 4.78 is 9.95. The van der Waals surface area contributed by atoms with Crippen molar-refractivity contribution in [3.05, 3.63) is 11.6 Å². The van der Waals surface area contributed by atoms with Gasteiger partial charge < -0.3 is 9.47 Å². The molecule has 6 atom stereocenters. The Labute approximate surface area is 142 Å². The Bertz CT molecular complexity index is 641. The largest absolute Gasteiger partial charge is 0.469 e. The van der Waals surface area contributed by atoms with Crippen LogP contribution >= 0.6 is 0 Å². The molecule has 0 aromatic carbocycles. The average Bonchev–Trinajstić information content (AvgIpc) is 3.10. The molecule has 0 aromatic rings. The molecule has 0 spiro atoms. The van der Waals surface area contributed by atoms with Gasteiger partial charge in [-0.05, 0) is 34.7 Å². The van der Waals surface area contributed by atoms with Gasteiger partial charge in [-0.25, -0.2) is 0 Å². The van der Waals surface area contributed by atoms with E-state index in [0.717, 1.165) is 5.57 Å². The minimum atomic E-state index is -0.613. The van der Waals surface area contributed by atoms with Crippen molar-refractivity contribution in [2.75, 3.05) is 14.2 Å². The number of hydrogen-bond donors (Lipinski definition) is 0. The number of rotatable bonds is 2. The van der Waals surface area contributed by atoms with E-state index in [0.29, 0.717) is 6.42 Å². The Balaban J connectivity index is 2.08. The monoisotopic (exact) mass is 334 g/mol. The highest BCUT2D eigenvalue weighted by atomic mass is 16.5. The molecule has 0 radical (unpaired) electrons. The highest BCUT2D eigenvalue weighted by Crippen LogP contribution is 2.69. The average molecular weight is 334 g/mol. The van der Waals surface area contributed by atoms with Crippen molar-refractivity contribution in [2.45, 2.75) is 34.1 Å². The summed E-state index contributed by atoms with van der Waals surface area (Å²) in [6.45, 7) is 8.04. The van der Waals surface area contributed by atoms with Crippen LogP contribution in [-0.4, -0.2) is 31.9 Å². The maximum absolute atomic E-state index is 13.1. The number of fused-ring (bicyclic) bond motifs is 5. The van der Waals surface area contributed by atoms with Gasteiger partial charge >= 0.3 is 11.9 Å². The number of hydrogen-bond acceptors (Lipinski definition) is 5. The predicted octanol–water partition coefficient (Wildman–Crippen LogP) is 2.39. The lowest BCUT2D eigenvalue weighted by Gasteiger charge is -2.40. The van der Waals surface area contributed by atoms with Gasteiger partial charge in [0.1, 0.15) is 0 Å². The quantitative estimate of drug-likeness (QED) is 0.725. The Morgan fingerprint density at radius 2 is 1.75 bits per heavy atom. The highest BCUT2D eigenvalue weighted by molar-refractivity contribution is 6.03. The van der Waals surface area contributed by atoms with Crippen LogP contribution in [0.5, 0.6) is 0 Å². The molecular formula is C19H26O5. The molecule has 3 aliphatic rings. The maximum atomic E-state index is 13.1. The Hall–Kier alpha value is -1.65. The first-order valence-electron chi connectivity index (χ1n) is 8.50. The van der Waals surface area contributed by atoms with E-state index < -0.39 is 23.2 Å². The lowest BCUT2D eigenvalue weighted by molar-refractivity contribution is -0.166. The van der Waals surface area contributed by atoms with Crippen LogP contribution in [0.3, 0.4) is 0 Å². The van der Waals surface area contributed by atoms with Gasteiger partial charge in [-0.3, -0.25) is 14.4 Å². The summed E-state index contributed by atoms with van der Waals surface area (Å²) in [5.74, 6) is -2.05. The van der Waals surface area contributed by atoms with E-state index >= 15 is 0 Å². The van der Waals surface area contributed by atoms with Crippen molar-refractivity contribution < 1.29 is 23.9 Å². The van der Waals surface area contributed by atoms with Gasteiger partial charge in [0.15, 0.2) is 5.78 Å². The fraction of sp³-hybridized carbons (Fsp3) is 0.737. The second kappa shape index (κ2) is 5.17. The van der Waals surface area contributed by atoms with E-state index in [9.17, 15) is 14.4 Å². The number of esters is 2. The first-order chi connectivity index (χ1) is 11.1. The summed E-state index contributed by atoms with van der Waals surface area (Å²) in [6, 6.07) is 0. The molecule has 0 aliphatic heterocycles. The molecule has 0 N–H and O–H groups in total. The third kappa shape index (κ3) is 2.02. The fourth-order valence-corrected chi connectivity index (χ4v) is 5.55. The molecular weight excluding hydrogens is 308 g/mol. The van der Waals surface area contributed by atoms with Crippen LogP contribution in [0.4, 0.5) is 0 Å². The zero-order valence-electron chi connectivity index (χ0n) is 15.2. The summed E-state index contributed by atoms with van der Waals surface area (Å²) in [6.07, 6.45) is 2.74. The zero-order valence-corrected chi connectivity index (χ0v) is 15.2. The molecule has 2 saturated carbocycles. The maximum Gasteiger partial charge on any atom is 0.310 e. The molecule has 0 aromatic heterocycles. The lowest BCUT2D eigenvalue weighted by atomic mass is 9.61. The second-order valence-electron chi connectivity index (χ2n) is 8.67. The summed E-state index contributed by atoms with van der Waals surface area (Å²) in [5, 5.41) is 0. The Morgan fingerprint density at radius 3 is 2.25 bits per heavy atom.